The molecule has 0 aromatic rings. The molecule has 0 saturated heterocycles. The molecule has 2 rings (SSSR count). The zero-order valence-corrected chi connectivity index (χ0v) is 13.4. The number of carbonyl (C=O) groups excluding carboxylic acids is 1. The molecule has 2 N–H and O–H groups in total. The van der Waals surface area contributed by atoms with Gasteiger partial charge in [0.25, 0.3) is 0 Å². The van der Waals surface area contributed by atoms with Gasteiger partial charge in [0.15, 0.2) is 0 Å². The van der Waals surface area contributed by atoms with Crippen molar-refractivity contribution in [3.05, 3.63) is 0 Å². The number of fused-ring (bicyclic) bond motifs is 2. The van der Waals surface area contributed by atoms with Crippen molar-refractivity contribution >= 4 is 33.6 Å². The number of hydrogen-bond donors (Lipinski definition) is 2. The summed E-state index contributed by atoms with van der Waals surface area (Å²) in [6.45, 7) is 2.12. The van der Waals surface area contributed by atoms with Gasteiger partial charge in [-0.05, 0) is 44.8 Å². The van der Waals surface area contributed by atoms with Gasteiger partial charge < -0.3 is 10.4 Å². The molecular weight excluding hydrogens is 314 g/mol. The van der Waals surface area contributed by atoms with Gasteiger partial charge >= 0.3 is 0 Å². The highest BCUT2D eigenvalue weighted by Gasteiger charge is 2.55. The van der Waals surface area contributed by atoms with Crippen LogP contribution in [0.4, 0.5) is 0 Å². The van der Waals surface area contributed by atoms with Gasteiger partial charge in [-0.15, -0.1) is 0 Å². The molecule has 0 radical (unpaired) electrons. The van der Waals surface area contributed by atoms with Gasteiger partial charge in [-0.25, -0.2) is 0 Å². The van der Waals surface area contributed by atoms with Crippen LogP contribution in [0.3, 0.4) is 0 Å². The first-order chi connectivity index (χ1) is 8.39. The molecule has 0 aromatic carbocycles. The summed E-state index contributed by atoms with van der Waals surface area (Å²) in [7, 11) is 0. The molecule has 3 nitrogen and oxygen atoms in total. The average Bonchev–Trinajstić information content (AvgIpc) is 2.84. The minimum atomic E-state index is -0.815. The summed E-state index contributed by atoms with van der Waals surface area (Å²) in [4.78, 5) is 12.7. The lowest BCUT2D eigenvalue weighted by Crippen LogP contribution is -2.49. The van der Waals surface area contributed by atoms with E-state index in [9.17, 15) is 9.90 Å². The number of thioether (sulfide) groups is 1. The highest BCUT2D eigenvalue weighted by Crippen LogP contribution is 2.57. The van der Waals surface area contributed by atoms with Crippen molar-refractivity contribution in [2.75, 3.05) is 18.6 Å². The van der Waals surface area contributed by atoms with Crippen LogP contribution >= 0.6 is 27.7 Å². The van der Waals surface area contributed by atoms with Crippen molar-refractivity contribution in [3.63, 3.8) is 0 Å². The summed E-state index contributed by atoms with van der Waals surface area (Å²) in [6.07, 6.45) is 6.26. The number of alkyl halides is 1. The Morgan fingerprint density at radius 3 is 2.89 bits per heavy atom. The monoisotopic (exact) mass is 335 g/mol. The lowest BCUT2D eigenvalue weighted by molar-refractivity contribution is -0.131. The van der Waals surface area contributed by atoms with Gasteiger partial charge in [0.05, 0.1) is 11.0 Å². The molecular formula is C13H22BrNO2S. The first-order valence-electron chi connectivity index (χ1n) is 6.53. The number of halogens is 1. The summed E-state index contributed by atoms with van der Waals surface area (Å²) in [5.41, 5.74) is -1.02. The minimum absolute atomic E-state index is 0.130. The number of hydrogen-bond acceptors (Lipinski definition) is 3. The number of carbonyl (C=O) groups is 1. The van der Waals surface area contributed by atoms with Crippen molar-refractivity contribution in [1.82, 2.24) is 5.32 Å². The molecule has 2 saturated carbocycles. The Hall–Kier alpha value is 0.260. The van der Waals surface area contributed by atoms with Crippen molar-refractivity contribution in [1.29, 1.82) is 0 Å². The molecule has 2 aliphatic rings. The van der Waals surface area contributed by atoms with E-state index in [1.54, 1.807) is 18.7 Å². The third-order valence-electron chi connectivity index (χ3n) is 4.33. The quantitative estimate of drug-likeness (QED) is 0.757. The van der Waals surface area contributed by atoms with Crippen LogP contribution in [0.1, 0.15) is 32.6 Å². The lowest BCUT2D eigenvalue weighted by Gasteiger charge is -2.32. The van der Waals surface area contributed by atoms with Crippen LogP contribution in [0, 0.1) is 11.3 Å². The maximum absolute atomic E-state index is 12.4. The Morgan fingerprint density at radius 1 is 1.67 bits per heavy atom. The van der Waals surface area contributed by atoms with E-state index in [2.05, 4.69) is 21.2 Å². The predicted octanol–water partition coefficient (Wildman–Crippen LogP) is 2.17. The van der Waals surface area contributed by atoms with Crippen LogP contribution < -0.4 is 5.32 Å². The molecule has 0 aliphatic heterocycles. The lowest BCUT2D eigenvalue weighted by atomic mass is 9.83. The molecule has 2 fully saturated rings. The van der Waals surface area contributed by atoms with Crippen molar-refractivity contribution in [3.8, 4) is 0 Å². The van der Waals surface area contributed by atoms with E-state index in [0.717, 1.165) is 19.3 Å². The summed E-state index contributed by atoms with van der Waals surface area (Å²) in [5, 5.41) is 13.1. The number of nitrogens with one attached hydrogen (secondary N) is 1. The topological polar surface area (TPSA) is 49.3 Å². The smallest absolute Gasteiger partial charge is 0.227 e. The standard InChI is InChI=1S/C13H22BrNO2S/c1-12(17,8-18-2)7-15-11(16)13-4-3-9(6-13)5-10(13)14/h9-10,17H,3-8H2,1-2H3,(H,15,16). The second-order valence-electron chi connectivity index (χ2n) is 6.08. The second kappa shape index (κ2) is 5.33. The van der Waals surface area contributed by atoms with Gasteiger partial charge in [0, 0.05) is 17.1 Å². The van der Waals surface area contributed by atoms with Crippen LogP contribution in [-0.2, 0) is 4.79 Å². The summed E-state index contributed by atoms with van der Waals surface area (Å²) >= 11 is 5.27. The van der Waals surface area contributed by atoms with E-state index in [1.807, 2.05) is 6.26 Å². The SMILES string of the molecule is CSCC(C)(O)CNC(=O)C12CCC(CC1Br)C2. The highest BCUT2D eigenvalue weighted by atomic mass is 79.9. The molecule has 5 heteroatoms. The zero-order valence-electron chi connectivity index (χ0n) is 11.0. The molecule has 0 spiro atoms. The van der Waals surface area contributed by atoms with E-state index in [0.29, 0.717) is 23.0 Å². The van der Waals surface area contributed by atoms with Gasteiger partial charge in [0.1, 0.15) is 0 Å². The minimum Gasteiger partial charge on any atom is -0.387 e. The fourth-order valence-electron chi connectivity index (χ4n) is 3.34. The maximum Gasteiger partial charge on any atom is 0.227 e. The van der Waals surface area contributed by atoms with Crippen LogP contribution in [0.25, 0.3) is 0 Å². The Morgan fingerprint density at radius 2 is 2.39 bits per heavy atom. The molecule has 2 bridgehead atoms. The molecule has 0 heterocycles. The van der Waals surface area contributed by atoms with Crippen LogP contribution in [0.2, 0.25) is 0 Å². The molecule has 4 atom stereocenters. The van der Waals surface area contributed by atoms with Gasteiger partial charge in [-0.2, -0.15) is 11.8 Å². The fraction of sp³-hybridized carbons (Fsp3) is 0.923. The maximum atomic E-state index is 12.4. The van der Waals surface area contributed by atoms with Gasteiger partial charge in [-0.3, -0.25) is 4.79 Å². The van der Waals surface area contributed by atoms with E-state index < -0.39 is 5.60 Å². The molecule has 4 unspecified atom stereocenters. The van der Waals surface area contributed by atoms with Crippen LogP contribution in [-0.4, -0.2) is 40.0 Å². The normalized spacial score (nSPS) is 37.6. The van der Waals surface area contributed by atoms with Crippen molar-refractivity contribution in [2.24, 2.45) is 11.3 Å². The second-order valence-corrected chi connectivity index (χ2v) is 8.05. The average molecular weight is 336 g/mol. The van der Waals surface area contributed by atoms with E-state index in [-0.39, 0.29) is 11.3 Å². The fourth-order valence-corrected chi connectivity index (χ4v) is 5.22. The highest BCUT2D eigenvalue weighted by molar-refractivity contribution is 9.09. The first kappa shape index (κ1) is 14.7. The Balaban J connectivity index is 1.92. The van der Waals surface area contributed by atoms with E-state index in [1.165, 1.54) is 6.42 Å². The van der Waals surface area contributed by atoms with E-state index in [4.69, 9.17) is 0 Å². The summed E-state index contributed by atoms with van der Waals surface area (Å²) < 4.78 is 0. The summed E-state index contributed by atoms with van der Waals surface area (Å²) in [5.74, 6) is 1.48. The van der Waals surface area contributed by atoms with Crippen LogP contribution in [0.5, 0.6) is 0 Å². The number of aliphatic hydroxyl groups is 1. The molecule has 18 heavy (non-hydrogen) atoms. The molecule has 1 amide bonds. The third-order valence-corrected chi connectivity index (χ3v) is 6.49. The number of rotatable bonds is 5. The number of amides is 1. The Kier molecular flexibility index (Phi) is 4.34. The van der Waals surface area contributed by atoms with Gasteiger partial charge in [-0.1, -0.05) is 15.9 Å². The first-order valence-corrected chi connectivity index (χ1v) is 8.84. The third kappa shape index (κ3) is 2.73. The molecule has 2 aliphatic carbocycles. The van der Waals surface area contributed by atoms with Crippen molar-refractivity contribution in [2.45, 2.75) is 43.0 Å². The molecule has 104 valence electrons. The predicted molar refractivity (Wildman–Crippen MR) is 79.1 cm³/mol. The largest absolute Gasteiger partial charge is 0.387 e. The van der Waals surface area contributed by atoms with Crippen LogP contribution in [0.15, 0.2) is 0 Å². The van der Waals surface area contributed by atoms with Crippen molar-refractivity contribution < 1.29 is 9.90 Å². The molecule has 0 aromatic heterocycles. The summed E-state index contributed by atoms with van der Waals surface area (Å²) in [6, 6.07) is 0. The Labute approximate surface area is 122 Å². The van der Waals surface area contributed by atoms with Gasteiger partial charge in [0.2, 0.25) is 5.91 Å². The van der Waals surface area contributed by atoms with E-state index >= 15 is 0 Å². The Bertz CT molecular complexity index is 337. The zero-order chi connectivity index (χ0) is 13.4.